The minimum Gasteiger partial charge on any atom is -0.494 e. The molecule has 0 spiro atoms. The number of imidazole rings is 1. The number of fused-ring (bicyclic) bond motifs is 1. The van der Waals surface area contributed by atoms with Gasteiger partial charge < -0.3 is 24.5 Å². The molecule has 258 valence electrons. The predicted octanol–water partition coefficient (Wildman–Crippen LogP) is 6.99. The second-order valence-corrected chi connectivity index (χ2v) is 13.5. The van der Waals surface area contributed by atoms with E-state index in [1.807, 2.05) is 57.2 Å². The highest BCUT2D eigenvalue weighted by atomic mass is 35.5. The number of amides is 2. The molecule has 1 atom stereocenters. The number of anilines is 1. The largest absolute Gasteiger partial charge is 0.494 e. The monoisotopic (exact) mass is 707 g/mol. The number of pyridine rings is 1. The third-order valence-corrected chi connectivity index (χ3v) is 8.39. The van der Waals surface area contributed by atoms with Gasteiger partial charge in [-0.1, -0.05) is 41.4 Å². The maximum absolute atomic E-state index is 13.2. The van der Waals surface area contributed by atoms with Gasteiger partial charge in [-0.25, -0.2) is 19.6 Å². The SMILES string of the molecule is COC(=O)[C@H](Cc1ccc(OCCCc2ccc3c(n2)N(C(=O)OC(C)(C)C)CCC3)cc1)NC(=O)c1c(Cl)cc(-c2cnc[nH]2)cc1Cl. The third kappa shape index (κ3) is 9.30. The van der Waals surface area contributed by atoms with Crippen LogP contribution in [-0.4, -0.2) is 64.8 Å². The van der Waals surface area contributed by atoms with Gasteiger partial charge in [0.25, 0.3) is 5.91 Å². The van der Waals surface area contributed by atoms with Crippen molar-refractivity contribution in [1.82, 2.24) is 20.3 Å². The molecule has 49 heavy (non-hydrogen) atoms. The zero-order chi connectivity index (χ0) is 35.1. The van der Waals surface area contributed by atoms with E-state index in [1.165, 1.54) is 13.4 Å². The number of nitrogens with one attached hydrogen (secondary N) is 2. The first-order valence-electron chi connectivity index (χ1n) is 16.0. The molecular formula is C36H39Cl2N5O6. The highest BCUT2D eigenvalue weighted by Gasteiger charge is 2.29. The van der Waals surface area contributed by atoms with E-state index in [2.05, 4.69) is 15.3 Å². The number of nitrogens with zero attached hydrogens (tertiary/aromatic N) is 3. The number of hydrogen-bond acceptors (Lipinski definition) is 8. The number of aryl methyl sites for hydroxylation is 2. The van der Waals surface area contributed by atoms with Crippen molar-refractivity contribution in [2.24, 2.45) is 0 Å². The molecule has 2 amide bonds. The van der Waals surface area contributed by atoms with Gasteiger partial charge in [0.1, 0.15) is 23.2 Å². The molecule has 0 unspecified atom stereocenters. The average molecular weight is 709 g/mol. The van der Waals surface area contributed by atoms with Gasteiger partial charge in [0.15, 0.2) is 0 Å². The van der Waals surface area contributed by atoms with Crippen LogP contribution in [-0.2, 0) is 33.5 Å². The van der Waals surface area contributed by atoms with Crippen LogP contribution in [0, 0.1) is 0 Å². The van der Waals surface area contributed by atoms with E-state index in [0.717, 1.165) is 29.7 Å². The first-order chi connectivity index (χ1) is 23.4. The topological polar surface area (TPSA) is 136 Å². The summed E-state index contributed by atoms with van der Waals surface area (Å²) in [6, 6.07) is 13.5. The van der Waals surface area contributed by atoms with Crippen LogP contribution in [0.4, 0.5) is 10.6 Å². The number of aromatic amines is 1. The molecule has 11 nitrogen and oxygen atoms in total. The Balaban J connectivity index is 1.15. The smallest absolute Gasteiger partial charge is 0.416 e. The Morgan fingerprint density at radius 1 is 1.06 bits per heavy atom. The molecular weight excluding hydrogens is 669 g/mol. The lowest BCUT2D eigenvalue weighted by atomic mass is 10.0. The normalized spacial score (nSPS) is 13.3. The Hall–Kier alpha value is -4.61. The van der Waals surface area contributed by atoms with Gasteiger partial charge in [-0.2, -0.15) is 0 Å². The number of H-pyrrole nitrogens is 1. The van der Waals surface area contributed by atoms with E-state index >= 15 is 0 Å². The summed E-state index contributed by atoms with van der Waals surface area (Å²) in [5, 5.41) is 2.97. The maximum Gasteiger partial charge on any atom is 0.416 e. The maximum atomic E-state index is 13.2. The first kappa shape index (κ1) is 35.7. The lowest BCUT2D eigenvalue weighted by Gasteiger charge is -2.31. The highest BCUT2D eigenvalue weighted by Crippen LogP contribution is 2.31. The minimum atomic E-state index is -0.987. The van der Waals surface area contributed by atoms with E-state index in [-0.39, 0.29) is 28.1 Å². The van der Waals surface area contributed by atoms with Crippen molar-refractivity contribution < 1.29 is 28.6 Å². The number of rotatable bonds is 11. The third-order valence-electron chi connectivity index (χ3n) is 7.79. The molecule has 3 heterocycles. The lowest BCUT2D eigenvalue weighted by molar-refractivity contribution is -0.142. The number of methoxy groups -OCH3 is 1. The zero-order valence-electron chi connectivity index (χ0n) is 27.8. The number of halogens is 2. The van der Waals surface area contributed by atoms with Gasteiger partial charge in [0.2, 0.25) is 0 Å². The van der Waals surface area contributed by atoms with Crippen molar-refractivity contribution in [3.63, 3.8) is 0 Å². The highest BCUT2D eigenvalue weighted by molar-refractivity contribution is 6.40. The zero-order valence-corrected chi connectivity index (χ0v) is 29.4. The molecule has 0 radical (unpaired) electrons. The van der Waals surface area contributed by atoms with Crippen LogP contribution in [0.15, 0.2) is 61.1 Å². The van der Waals surface area contributed by atoms with Crippen LogP contribution in [0.5, 0.6) is 5.75 Å². The van der Waals surface area contributed by atoms with Gasteiger partial charge in [-0.3, -0.25) is 9.69 Å². The Morgan fingerprint density at radius 3 is 2.45 bits per heavy atom. The fraction of sp³-hybridized carbons (Fsp3) is 0.361. The van der Waals surface area contributed by atoms with Crippen LogP contribution < -0.4 is 15.0 Å². The lowest BCUT2D eigenvalue weighted by Crippen LogP contribution is -2.43. The molecule has 2 N–H and O–H groups in total. The molecule has 1 aliphatic rings. The van der Waals surface area contributed by atoms with E-state index in [0.29, 0.717) is 48.8 Å². The van der Waals surface area contributed by atoms with Gasteiger partial charge >= 0.3 is 12.1 Å². The number of ether oxygens (including phenoxy) is 3. The second kappa shape index (κ2) is 15.7. The van der Waals surface area contributed by atoms with Crippen LogP contribution in [0.1, 0.15) is 60.8 Å². The summed E-state index contributed by atoms with van der Waals surface area (Å²) in [6.07, 6.45) is 6.05. The van der Waals surface area contributed by atoms with Gasteiger partial charge in [0.05, 0.1) is 47.5 Å². The minimum absolute atomic E-state index is 0.0511. The predicted molar refractivity (Wildman–Crippen MR) is 187 cm³/mol. The standard InChI is InChI=1S/C36H39Cl2N5O6/c1-36(2,3)49-35(46)43-15-5-7-23-11-12-25(41-32(23)43)8-6-16-48-26-13-9-22(10-14-26)17-29(34(45)47-4)42-33(44)31-27(37)18-24(19-28(31)38)30-20-39-21-40-30/h9-14,18-21,29H,5-8,15-17H2,1-4H3,(H,39,40)(H,42,44)/t29-/m0/s1. The number of hydrogen-bond donors (Lipinski definition) is 2. The van der Waals surface area contributed by atoms with Crippen LogP contribution in [0.25, 0.3) is 11.3 Å². The van der Waals surface area contributed by atoms with Crippen molar-refractivity contribution in [3.05, 3.63) is 93.5 Å². The summed E-state index contributed by atoms with van der Waals surface area (Å²) >= 11 is 12.9. The number of carbonyl (C=O) groups is 3. The number of carbonyl (C=O) groups excluding carboxylic acids is 3. The van der Waals surface area contributed by atoms with Crippen LogP contribution in [0.2, 0.25) is 10.0 Å². The molecule has 2 aromatic heterocycles. The summed E-state index contributed by atoms with van der Waals surface area (Å²) in [6.45, 7) is 6.59. The van der Waals surface area contributed by atoms with Crippen molar-refractivity contribution in [3.8, 4) is 17.0 Å². The quantitative estimate of drug-likeness (QED) is 0.126. The summed E-state index contributed by atoms with van der Waals surface area (Å²) < 4.78 is 16.5. The molecule has 0 saturated heterocycles. The molecule has 5 rings (SSSR count). The average Bonchev–Trinajstić information content (AvgIpc) is 3.61. The number of aromatic nitrogens is 3. The molecule has 1 aliphatic heterocycles. The molecule has 0 fully saturated rings. The molecule has 0 bridgehead atoms. The van der Waals surface area contributed by atoms with Gasteiger partial charge in [0, 0.05) is 24.2 Å². The molecule has 0 aliphatic carbocycles. The summed E-state index contributed by atoms with van der Waals surface area (Å²) in [5.41, 5.74) is 3.52. The molecule has 13 heteroatoms. The van der Waals surface area contributed by atoms with E-state index in [1.54, 1.807) is 23.2 Å². The number of benzene rings is 2. The number of esters is 1. The second-order valence-electron chi connectivity index (χ2n) is 12.7. The summed E-state index contributed by atoms with van der Waals surface area (Å²) in [4.78, 5) is 52.0. The van der Waals surface area contributed by atoms with Crippen molar-refractivity contribution in [1.29, 1.82) is 0 Å². The van der Waals surface area contributed by atoms with E-state index in [4.69, 9.17) is 42.4 Å². The van der Waals surface area contributed by atoms with E-state index in [9.17, 15) is 14.4 Å². The Labute approximate surface area is 295 Å². The van der Waals surface area contributed by atoms with E-state index < -0.39 is 23.5 Å². The van der Waals surface area contributed by atoms with Gasteiger partial charge in [-0.15, -0.1) is 0 Å². The molecule has 0 saturated carbocycles. The Morgan fingerprint density at radius 2 is 1.80 bits per heavy atom. The molecule has 4 aromatic rings. The fourth-order valence-corrected chi connectivity index (χ4v) is 6.10. The summed E-state index contributed by atoms with van der Waals surface area (Å²) in [5.74, 6) is 0.116. The van der Waals surface area contributed by atoms with Crippen molar-refractivity contribution in [2.75, 3.05) is 25.2 Å². The van der Waals surface area contributed by atoms with Crippen molar-refractivity contribution >= 4 is 47.0 Å². The van der Waals surface area contributed by atoms with Crippen LogP contribution >= 0.6 is 23.2 Å². The van der Waals surface area contributed by atoms with Gasteiger partial charge in [-0.05, 0) is 87.9 Å². The Kier molecular flexibility index (Phi) is 11.5. The summed E-state index contributed by atoms with van der Waals surface area (Å²) in [7, 11) is 1.26. The first-order valence-corrected chi connectivity index (χ1v) is 16.7. The van der Waals surface area contributed by atoms with Crippen molar-refractivity contribution in [2.45, 2.75) is 64.5 Å². The fourth-order valence-electron chi connectivity index (χ4n) is 5.44. The molecule has 2 aromatic carbocycles. The Bertz CT molecular complexity index is 1770. The van der Waals surface area contributed by atoms with Crippen LogP contribution in [0.3, 0.4) is 0 Å².